The fraction of sp³-hybridized carbons (Fsp3) is 0.462. The predicted octanol–water partition coefficient (Wildman–Crippen LogP) is 2.78. The number of imidazole rings is 1. The number of benzene rings is 1. The molecule has 3 heteroatoms. The minimum absolute atomic E-state index is 0.303. The molecule has 2 aromatic rings. The van der Waals surface area contributed by atoms with Crippen molar-refractivity contribution < 1.29 is 5.11 Å². The molecule has 2 N–H and O–H groups in total. The van der Waals surface area contributed by atoms with E-state index in [1.807, 2.05) is 6.07 Å². The van der Waals surface area contributed by atoms with Gasteiger partial charge in [-0.2, -0.15) is 0 Å². The number of hydrogen-bond acceptors (Lipinski definition) is 2. The van der Waals surface area contributed by atoms with Crippen molar-refractivity contribution in [3.05, 3.63) is 24.0 Å². The molecule has 2 unspecified atom stereocenters. The molecule has 4 rings (SSSR count). The molecule has 0 saturated heterocycles. The second-order valence-electron chi connectivity index (χ2n) is 5.25. The first kappa shape index (κ1) is 8.62. The Morgan fingerprint density at radius 1 is 1.19 bits per heavy atom. The lowest BCUT2D eigenvalue weighted by atomic mass is 10.0. The molecule has 2 saturated carbocycles. The van der Waals surface area contributed by atoms with Crippen LogP contribution < -0.4 is 0 Å². The van der Waals surface area contributed by atoms with Gasteiger partial charge in [0.25, 0.3) is 0 Å². The Morgan fingerprint density at radius 2 is 2.00 bits per heavy atom. The van der Waals surface area contributed by atoms with Gasteiger partial charge in [-0.1, -0.05) is 0 Å². The lowest BCUT2D eigenvalue weighted by Gasteiger charge is -2.06. The Labute approximate surface area is 93.5 Å². The maximum absolute atomic E-state index is 9.41. The van der Waals surface area contributed by atoms with E-state index in [1.54, 1.807) is 12.1 Å². The van der Waals surface area contributed by atoms with E-state index in [1.165, 1.54) is 19.3 Å². The average molecular weight is 214 g/mol. The number of aromatic nitrogens is 2. The van der Waals surface area contributed by atoms with Gasteiger partial charge < -0.3 is 10.1 Å². The Bertz CT molecular complexity index is 550. The number of phenols is 1. The quantitative estimate of drug-likeness (QED) is 0.766. The zero-order valence-electron chi connectivity index (χ0n) is 8.98. The van der Waals surface area contributed by atoms with E-state index in [4.69, 9.17) is 0 Å². The number of fused-ring (bicyclic) bond motifs is 2. The third-order valence-corrected chi connectivity index (χ3v) is 4.11. The number of nitrogens with one attached hydrogen (secondary N) is 1. The summed E-state index contributed by atoms with van der Waals surface area (Å²) in [5.74, 6) is 4.00. The van der Waals surface area contributed by atoms with E-state index in [9.17, 15) is 5.11 Å². The second-order valence-corrected chi connectivity index (χ2v) is 5.25. The van der Waals surface area contributed by atoms with Crippen molar-refractivity contribution in [3.8, 4) is 5.75 Å². The number of aromatic amines is 1. The van der Waals surface area contributed by atoms with Gasteiger partial charge in [0.15, 0.2) is 0 Å². The van der Waals surface area contributed by atoms with Crippen LogP contribution in [0.3, 0.4) is 0 Å². The molecule has 16 heavy (non-hydrogen) atoms. The summed E-state index contributed by atoms with van der Waals surface area (Å²) in [5.41, 5.74) is 1.92. The Balaban J connectivity index is 1.75. The van der Waals surface area contributed by atoms with E-state index < -0.39 is 0 Å². The Kier molecular flexibility index (Phi) is 1.50. The van der Waals surface area contributed by atoms with Gasteiger partial charge in [-0.3, -0.25) is 0 Å². The van der Waals surface area contributed by atoms with Crippen molar-refractivity contribution in [2.24, 2.45) is 11.8 Å². The summed E-state index contributed by atoms with van der Waals surface area (Å²) < 4.78 is 0. The molecular formula is C13H14N2O. The lowest BCUT2D eigenvalue weighted by molar-refractivity contribution is 0.476. The largest absolute Gasteiger partial charge is 0.508 e. The fourth-order valence-corrected chi connectivity index (χ4v) is 3.15. The molecule has 3 nitrogen and oxygen atoms in total. The van der Waals surface area contributed by atoms with Crippen molar-refractivity contribution in [2.75, 3.05) is 0 Å². The van der Waals surface area contributed by atoms with Gasteiger partial charge in [0, 0.05) is 12.0 Å². The summed E-state index contributed by atoms with van der Waals surface area (Å²) in [6.45, 7) is 0. The summed E-state index contributed by atoms with van der Waals surface area (Å²) in [6, 6.07) is 5.32. The lowest BCUT2D eigenvalue weighted by Crippen LogP contribution is -1.97. The highest BCUT2D eigenvalue weighted by molar-refractivity contribution is 5.76. The standard InChI is InChI=1S/C13H14N2O/c16-10-1-2-11-12(6-10)15-13(14-11)9-4-7-3-8(7)5-9/h1-2,6-9,16H,3-5H2,(H,14,15). The van der Waals surface area contributed by atoms with E-state index in [0.717, 1.165) is 28.7 Å². The van der Waals surface area contributed by atoms with Crippen LogP contribution >= 0.6 is 0 Å². The molecule has 2 fully saturated rings. The van der Waals surface area contributed by atoms with E-state index >= 15 is 0 Å². The summed E-state index contributed by atoms with van der Waals surface area (Å²) in [4.78, 5) is 7.97. The number of phenolic OH excluding ortho intramolecular Hbond substituents is 1. The monoisotopic (exact) mass is 214 g/mol. The van der Waals surface area contributed by atoms with E-state index in [0.29, 0.717) is 11.7 Å². The zero-order chi connectivity index (χ0) is 10.7. The van der Waals surface area contributed by atoms with Crippen molar-refractivity contribution in [3.63, 3.8) is 0 Å². The molecule has 2 aliphatic carbocycles. The van der Waals surface area contributed by atoms with Gasteiger partial charge in [0.05, 0.1) is 11.0 Å². The third kappa shape index (κ3) is 1.17. The molecule has 2 aliphatic rings. The van der Waals surface area contributed by atoms with Crippen molar-refractivity contribution in [1.82, 2.24) is 9.97 Å². The first-order valence-electron chi connectivity index (χ1n) is 5.98. The molecule has 1 aromatic heterocycles. The van der Waals surface area contributed by atoms with Gasteiger partial charge in [-0.15, -0.1) is 0 Å². The fourth-order valence-electron chi connectivity index (χ4n) is 3.15. The van der Waals surface area contributed by atoms with Gasteiger partial charge in [-0.25, -0.2) is 4.98 Å². The molecule has 0 aliphatic heterocycles. The summed E-state index contributed by atoms with van der Waals surface area (Å²) in [5, 5.41) is 9.41. The molecule has 82 valence electrons. The van der Waals surface area contributed by atoms with Crippen LogP contribution in [0.4, 0.5) is 0 Å². The number of aromatic hydroxyl groups is 1. The highest BCUT2D eigenvalue weighted by Gasteiger charge is 2.46. The number of H-pyrrole nitrogens is 1. The van der Waals surface area contributed by atoms with Gasteiger partial charge in [-0.05, 0) is 43.2 Å². The minimum Gasteiger partial charge on any atom is -0.508 e. The molecule has 0 radical (unpaired) electrons. The smallest absolute Gasteiger partial charge is 0.117 e. The summed E-state index contributed by atoms with van der Waals surface area (Å²) in [7, 11) is 0. The van der Waals surface area contributed by atoms with Crippen LogP contribution in [0, 0.1) is 11.8 Å². The Hall–Kier alpha value is -1.51. The maximum Gasteiger partial charge on any atom is 0.117 e. The van der Waals surface area contributed by atoms with E-state index in [2.05, 4.69) is 9.97 Å². The van der Waals surface area contributed by atoms with Gasteiger partial charge in [0.1, 0.15) is 11.6 Å². The maximum atomic E-state index is 9.41. The molecule has 2 atom stereocenters. The van der Waals surface area contributed by atoms with Crippen molar-refractivity contribution in [2.45, 2.75) is 25.2 Å². The van der Waals surface area contributed by atoms with Gasteiger partial charge in [0.2, 0.25) is 0 Å². The molecular weight excluding hydrogens is 200 g/mol. The molecule has 1 aromatic carbocycles. The third-order valence-electron chi connectivity index (χ3n) is 4.11. The molecule has 0 bridgehead atoms. The second kappa shape index (κ2) is 2.78. The van der Waals surface area contributed by atoms with Crippen LogP contribution in [0.25, 0.3) is 11.0 Å². The van der Waals surface area contributed by atoms with Crippen LogP contribution in [-0.2, 0) is 0 Å². The SMILES string of the molecule is Oc1ccc2nc(C3CC4CC4C3)[nH]c2c1. The summed E-state index contributed by atoms with van der Waals surface area (Å²) >= 11 is 0. The van der Waals surface area contributed by atoms with Gasteiger partial charge >= 0.3 is 0 Å². The number of rotatable bonds is 1. The highest BCUT2D eigenvalue weighted by Crippen LogP contribution is 2.57. The predicted molar refractivity (Wildman–Crippen MR) is 61.3 cm³/mol. The van der Waals surface area contributed by atoms with Crippen molar-refractivity contribution >= 4 is 11.0 Å². The average Bonchev–Trinajstić information content (AvgIpc) is 2.75. The summed E-state index contributed by atoms with van der Waals surface area (Å²) in [6.07, 6.45) is 4.05. The van der Waals surface area contributed by atoms with Crippen LogP contribution in [-0.4, -0.2) is 15.1 Å². The molecule has 1 heterocycles. The number of nitrogens with zero attached hydrogens (tertiary/aromatic N) is 1. The first-order chi connectivity index (χ1) is 7.79. The minimum atomic E-state index is 0.303. The van der Waals surface area contributed by atoms with Crippen LogP contribution in [0.1, 0.15) is 31.0 Å². The van der Waals surface area contributed by atoms with Crippen LogP contribution in [0.5, 0.6) is 5.75 Å². The molecule has 0 amide bonds. The van der Waals surface area contributed by atoms with Crippen LogP contribution in [0.2, 0.25) is 0 Å². The zero-order valence-corrected chi connectivity index (χ0v) is 8.98. The normalized spacial score (nSPS) is 31.9. The highest BCUT2D eigenvalue weighted by atomic mass is 16.3. The topological polar surface area (TPSA) is 48.9 Å². The van der Waals surface area contributed by atoms with E-state index in [-0.39, 0.29) is 0 Å². The Morgan fingerprint density at radius 3 is 2.81 bits per heavy atom. The first-order valence-corrected chi connectivity index (χ1v) is 5.98. The van der Waals surface area contributed by atoms with Crippen LogP contribution in [0.15, 0.2) is 18.2 Å². The molecule has 0 spiro atoms. The number of hydrogen-bond donors (Lipinski definition) is 2. The van der Waals surface area contributed by atoms with Crippen molar-refractivity contribution in [1.29, 1.82) is 0 Å².